The number of urea groups is 1. The smallest absolute Gasteiger partial charge is 0.324 e. The molecule has 0 atom stereocenters. The zero-order valence-corrected chi connectivity index (χ0v) is 20.9. The van der Waals surface area contributed by atoms with E-state index in [0.717, 1.165) is 40.3 Å². The molecule has 0 bridgehead atoms. The number of carbonyl (C=O) groups is 1. The summed E-state index contributed by atoms with van der Waals surface area (Å²) in [6, 6.07) is 6.05. The Hall–Kier alpha value is -1.63. The average Bonchev–Trinajstić information content (AvgIpc) is 3.40. The van der Waals surface area contributed by atoms with Gasteiger partial charge in [-0.3, -0.25) is 10.2 Å². The average molecular weight is 561 g/mol. The molecule has 3 heterocycles. The summed E-state index contributed by atoms with van der Waals surface area (Å²) in [5.74, 6) is -0.485. The number of carbonyl (C=O) groups excluding carboxylic acids is 1. The molecular weight excluding hydrogens is 541 g/mol. The Morgan fingerprint density at radius 1 is 1.31 bits per heavy atom. The van der Waals surface area contributed by atoms with E-state index < -0.39 is 5.82 Å². The SMILES string of the molecule is O=C(Nc1nnc(-c2ccc(Cl)cc2F)s1)N(CCN1CCOCC1)Cc1sccc1Br. The number of benzene rings is 1. The van der Waals surface area contributed by atoms with Gasteiger partial charge in [0, 0.05) is 46.1 Å². The number of morpholine rings is 1. The van der Waals surface area contributed by atoms with E-state index in [1.165, 1.54) is 6.07 Å². The van der Waals surface area contributed by atoms with Gasteiger partial charge >= 0.3 is 6.03 Å². The second kappa shape index (κ2) is 11.0. The maximum atomic E-state index is 14.2. The molecule has 0 spiro atoms. The second-order valence-electron chi connectivity index (χ2n) is 7.03. The summed E-state index contributed by atoms with van der Waals surface area (Å²) >= 11 is 12.1. The first kappa shape index (κ1) is 23.5. The number of nitrogens with zero attached hydrogens (tertiary/aromatic N) is 4. The number of ether oxygens (including phenoxy) is 1. The van der Waals surface area contributed by atoms with E-state index in [9.17, 15) is 9.18 Å². The number of anilines is 1. The van der Waals surface area contributed by atoms with Crippen LogP contribution in [0.25, 0.3) is 10.6 Å². The summed E-state index contributed by atoms with van der Waals surface area (Å²) in [5, 5.41) is 13.8. The van der Waals surface area contributed by atoms with Crippen LogP contribution < -0.4 is 5.32 Å². The zero-order chi connectivity index (χ0) is 22.5. The summed E-state index contributed by atoms with van der Waals surface area (Å²) in [6.45, 7) is 4.88. The van der Waals surface area contributed by atoms with Gasteiger partial charge in [-0.15, -0.1) is 21.5 Å². The molecule has 0 aliphatic carbocycles. The zero-order valence-electron chi connectivity index (χ0n) is 16.9. The van der Waals surface area contributed by atoms with Crippen LogP contribution in [0.5, 0.6) is 0 Å². The Kier molecular flexibility index (Phi) is 8.08. The van der Waals surface area contributed by atoms with Crippen molar-refractivity contribution in [2.45, 2.75) is 6.54 Å². The Morgan fingerprint density at radius 2 is 2.12 bits per heavy atom. The van der Waals surface area contributed by atoms with Crippen molar-refractivity contribution in [2.24, 2.45) is 0 Å². The van der Waals surface area contributed by atoms with Crippen LogP contribution in [0.2, 0.25) is 5.02 Å². The van der Waals surface area contributed by atoms with E-state index in [1.54, 1.807) is 28.4 Å². The van der Waals surface area contributed by atoms with Gasteiger partial charge in [0.1, 0.15) is 5.82 Å². The van der Waals surface area contributed by atoms with E-state index in [-0.39, 0.29) is 6.03 Å². The van der Waals surface area contributed by atoms with Gasteiger partial charge in [0.25, 0.3) is 0 Å². The number of amides is 2. The van der Waals surface area contributed by atoms with Gasteiger partial charge in [-0.05, 0) is 45.6 Å². The first-order chi connectivity index (χ1) is 15.5. The summed E-state index contributed by atoms with van der Waals surface area (Å²) in [5.41, 5.74) is 0.291. The molecule has 3 aromatic rings. The highest BCUT2D eigenvalue weighted by Gasteiger charge is 2.21. The summed E-state index contributed by atoms with van der Waals surface area (Å²) in [7, 11) is 0. The van der Waals surface area contributed by atoms with E-state index in [0.29, 0.717) is 47.0 Å². The van der Waals surface area contributed by atoms with Gasteiger partial charge in [-0.2, -0.15) is 0 Å². The van der Waals surface area contributed by atoms with Crippen LogP contribution in [0.4, 0.5) is 14.3 Å². The van der Waals surface area contributed by atoms with Gasteiger partial charge < -0.3 is 9.64 Å². The van der Waals surface area contributed by atoms with Gasteiger partial charge in [0.2, 0.25) is 5.13 Å². The lowest BCUT2D eigenvalue weighted by atomic mass is 10.2. The van der Waals surface area contributed by atoms with Gasteiger partial charge in [0.15, 0.2) is 5.01 Å². The monoisotopic (exact) mass is 559 g/mol. The fourth-order valence-electron chi connectivity index (χ4n) is 3.17. The molecule has 170 valence electrons. The minimum absolute atomic E-state index is 0.280. The predicted molar refractivity (Wildman–Crippen MR) is 129 cm³/mol. The summed E-state index contributed by atoms with van der Waals surface area (Å²) in [6.07, 6.45) is 0. The van der Waals surface area contributed by atoms with Crippen LogP contribution in [0.1, 0.15) is 4.88 Å². The van der Waals surface area contributed by atoms with E-state index in [1.807, 2.05) is 11.4 Å². The molecule has 1 saturated heterocycles. The molecule has 2 amide bonds. The highest BCUT2D eigenvalue weighted by atomic mass is 79.9. The lowest BCUT2D eigenvalue weighted by Crippen LogP contribution is -2.44. The highest BCUT2D eigenvalue weighted by molar-refractivity contribution is 9.10. The number of halogens is 3. The number of hydrogen-bond donors (Lipinski definition) is 1. The predicted octanol–water partition coefficient (Wildman–Crippen LogP) is 5.19. The van der Waals surface area contributed by atoms with Crippen molar-refractivity contribution in [3.63, 3.8) is 0 Å². The van der Waals surface area contributed by atoms with Crippen LogP contribution in [-0.4, -0.2) is 65.4 Å². The summed E-state index contributed by atoms with van der Waals surface area (Å²) < 4.78 is 20.6. The number of rotatable bonds is 7. The van der Waals surface area contributed by atoms with Gasteiger partial charge in [-0.1, -0.05) is 22.9 Å². The molecular formula is C20H20BrClFN5O2S2. The molecule has 1 N–H and O–H groups in total. The molecule has 0 saturated carbocycles. The third kappa shape index (κ3) is 6.03. The summed E-state index contributed by atoms with van der Waals surface area (Å²) in [4.78, 5) is 18.2. The third-order valence-electron chi connectivity index (χ3n) is 4.90. The van der Waals surface area contributed by atoms with Crippen molar-refractivity contribution in [1.29, 1.82) is 0 Å². The second-order valence-corrected chi connectivity index (χ2v) is 10.3. The molecule has 1 fully saturated rings. The van der Waals surface area contributed by atoms with Crippen LogP contribution in [0.3, 0.4) is 0 Å². The Bertz CT molecular complexity index is 1080. The highest BCUT2D eigenvalue weighted by Crippen LogP contribution is 2.30. The minimum atomic E-state index is -0.485. The molecule has 4 rings (SSSR count). The van der Waals surface area contributed by atoms with E-state index in [2.05, 4.69) is 36.3 Å². The van der Waals surface area contributed by atoms with Crippen molar-refractivity contribution in [1.82, 2.24) is 20.0 Å². The largest absolute Gasteiger partial charge is 0.379 e. The molecule has 1 aliphatic heterocycles. The van der Waals surface area contributed by atoms with Crippen molar-refractivity contribution in [3.8, 4) is 10.6 Å². The number of thiophene rings is 1. The van der Waals surface area contributed by atoms with Crippen molar-refractivity contribution in [2.75, 3.05) is 44.7 Å². The fraction of sp³-hybridized carbons (Fsp3) is 0.350. The molecule has 12 heteroatoms. The van der Waals surface area contributed by atoms with E-state index >= 15 is 0 Å². The molecule has 7 nitrogen and oxygen atoms in total. The quantitative estimate of drug-likeness (QED) is 0.431. The van der Waals surface area contributed by atoms with Crippen LogP contribution in [-0.2, 0) is 11.3 Å². The lowest BCUT2D eigenvalue weighted by Gasteiger charge is -2.30. The maximum absolute atomic E-state index is 14.2. The molecule has 1 aliphatic rings. The fourth-order valence-corrected chi connectivity index (χ4v) is 5.58. The van der Waals surface area contributed by atoms with Gasteiger partial charge in [0.05, 0.1) is 19.8 Å². The first-order valence-electron chi connectivity index (χ1n) is 9.86. The molecule has 0 unspecified atom stereocenters. The number of hydrogen-bond acceptors (Lipinski definition) is 7. The third-order valence-corrected chi connectivity index (χ3v) is 7.92. The van der Waals surface area contributed by atoms with Crippen molar-refractivity contribution < 1.29 is 13.9 Å². The Balaban J connectivity index is 1.45. The Labute approximate surface area is 206 Å². The normalized spacial score (nSPS) is 14.5. The maximum Gasteiger partial charge on any atom is 0.324 e. The van der Waals surface area contributed by atoms with Gasteiger partial charge in [-0.25, -0.2) is 9.18 Å². The van der Waals surface area contributed by atoms with Crippen LogP contribution >= 0.6 is 50.2 Å². The molecule has 0 radical (unpaired) electrons. The van der Waals surface area contributed by atoms with E-state index in [4.69, 9.17) is 16.3 Å². The van der Waals surface area contributed by atoms with Crippen molar-refractivity contribution >= 4 is 61.4 Å². The first-order valence-corrected chi connectivity index (χ1v) is 12.7. The molecule has 1 aromatic carbocycles. The Morgan fingerprint density at radius 3 is 2.84 bits per heavy atom. The van der Waals surface area contributed by atoms with Crippen LogP contribution in [0, 0.1) is 5.82 Å². The minimum Gasteiger partial charge on any atom is -0.379 e. The number of aromatic nitrogens is 2. The standard InChI is InChI=1S/C20H20BrClFN5O2S2/c21-15-3-10-31-17(15)12-28(5-4-27-6-8-30-9-7-27)20(29)24-19-26-25-18(32-19)14-2-1-13(22)11-16(14)23/h1-3,10-11H,4-9,12H2,(H,24,26,29). The molecule has 32 heavy (non-hydrogen) atoms. The molecule has 2 aromatic heterocycles. The number of nitrogens with one attached hydrogen (secondary N) is 1. The topological polar surface area (TPSA) is 70.6 Å². The van der Waals surface area contributed by atoms with Crippen molar-refractivity contribution in [3.05, 3.63) is 49.8 Å². The lowest BCUT2D eigenvalue weighted by molar-refractivity contribution is 0.0349. The van der Waals surface area contributed by atoms with Crippen LogP contribution in [0.15, 0.2) is 34.1 Å².